The molecule has 0 aromatic heterocycles. The minimum atomic E-state index is -0.223. The Balaban J connectivity index is 0.00000324. The van der Waals surface area contributed by atoms with Crippen molar-refractivity contribution in [2.24, 2.45) is 5.73 Å². The lowest BCUT2D eigenvalue weighted by molar-refractivity contribution is 0.542. The Bertz CT molecular complexity index is 341. The molecule has 0 radical (unpaired) electrons. The Hall–Kier alpha value is -0.340. The molecular formula is C17H30BrN. The maximum Gasteiger partial charge on any atom is 0.0355 e. The van der Waals surface area contributed by atoms with Crippen LogP contribution in [0.3, 0.4) is 0 Å². The molecule has 1 aromatic carbocycles. The Morgan fingerprint density at radius 1 is 0.947 bits per heavy atom. The largest absolute Gasteiger partial charge is 0.322 e. The smallest absolute Gasteiger partial charge is 0.0355 e. The molecule has 110 valence electrons. The highest BCUT2D eigenvalue weighted by Crippen LogP contribution is 2.23. The highest BCUT2D eigenvalue weighted by atomic mass is 79.9. The van der Waals surface area contributed by atoms with Gasteiger partial charge in [-0.1, -0.05) is 63.3 Å². The molecule has 19 heavy (non-hydrogen) atoms. The highest BCUT2D eigenvalue weighted by Gasteiger charge is 2.17. The number of nitrogens with two attached hydrogens (primary N) is 1. The van der Waals surface area contributed by atoms with Crippen molar-refractivity contribution in [2.45, 2.75) is 71.3 Å². The summed E-state index contributed by atoms with van der Waals surface area (Å²) in [6.45, 7) is 6.44. The maximum atomic E-state index is 6.23. The normalized spacial score (nSPS) is 11.2. The molecule has 0 aliphatic rings. The Morgan fingerprint density at radius 2 is 1.53 bits per heavy atom. The fourth-order valence-electron chi connectivity index (χ4n) is 2.46. The van der Waals surface area contributed by atoms with Gasteiger partial charge < -0.3 is 5.73 Å². The van der Waals surface area contributed by atoms with Gasteiger partial charge in [0.25, 0.3) is 0 Å². The van der Waals surface area contributed by atoms with Gasteiger partial charge in [0.05, 0.1) is 0 Å². The molecule has 0 fully saturated rings. The van der Waals surface area contributed by atoms with Crippen LogP contribution in [0, 0.1) is 0 Å². The number of unbranched alkanes of at least 4 members (excludes halogenated alkanes) is 5. The molecule has 0 spiro atoms. The van der Waals surface area contributed by atoms with Gasteiger partial charge in [-0.2, -0.15) is 0 Å². The number of hydrogen-bond donors (Lipinski definition) is 1. The van der Waals surface area contributed by atoms with Crippen LogP contribution in [0.15, 0.2) is 24.3 Å². The Kier molecular flexibility index (Phi) is 9.38. The monoisotopic (exact) mass is 327 g/mol. The summed E-state index contributed by atoms with van der Waals surface area (Å²) in [4.78, 5) is 0. The summed E-state index contributed by atoms with van der Waals surface area (Å²) in [5, 5.41) is 0. The van der Waals surface area contributed by atoms with Gasteiger partial charge in [-0.25, -0.2) is 0 Å². The van der Waals surface area contributed by atoms with E-state index in [1.807, 2.05) is 0 Å². The molecule has 1 aromatic rings. The molecule has 0 saturated heterocycles. The molecule has 2 heteroatoms. The maximum absolute atomic E-state index is 6.23. The lowest BCUT2D eigenvalue weighted by atomic mass is 9.89. The van der Waals surface area contributed by atoms with Crippen LogP contribution in [-0.4, -0.2) is 0 Å². The van der Waals surface area contributed by atoms with E-state index in [4.69, 9.17) is 5.73 Å². The van der Waals surface area contributed by atoms with Crippen LogP contribution in [0.1, 0.15) is 70.4 Å². The van der Waals surface area contributed by atoms with E-state index in [2.05, 4.69) is 45.0 Å². The third-order valence-electron chi connectivity index (χ3n) is 3.51. The molecule has 0 heterocycles. The van der Waals surface area contributed by atoms with Crippen molar-refractivity contribution in [3.05, 3.63) is 35.4 Å². The summed E-state index contributed by atoms with van der Waals surface area (Å²) >= 11 is 0. The zero-order valence-corrected chi connectivity index (χ0v) is 14.5. The molecule has 0 aliphatic carbocycles. The van der Waals surface area contributed by atoms with Crippen molar-refractivity contribution in [2.75, 3.05) is 0 Å². The Morgan fingerprint density at radius 3 is 2.16 bits per heavy atom. The molecule has 0 saturated carbocycles. The van der Waals surface area contributed by atoms with Crippen molar-refractivity contribution >= 4 is 17.0 Å². The van der Waals surface area contributed by atoms with Gasteiger partial charge in [0.1, 0.15) is 0 Å². The summed E-state index contributed by atoms with van der Waals surface area (Å²) in [7, 11) is 0. The van der Waals surface area contributed by atoms with Gasteiger partial charge in [-0.3, -0.25) is 0 Å². The lowest BCUT2D eigenvalue weighted by Crippen LogP contribution is -2.30. The summed E-state index contributed by atoms with van der Waals surface area (Å²) in [6, 6.07) is 8.62. The van der Waals surface area contributed by atoms with E-state index in [0.29, 0.717) is 0 Å². The quantitative estimate of drug-likeness (QED) is 0.639. The van der Waals surface area contributed by atoms with Crippen LogP contribution >= 0.6 is 17.0 Å². The second-order valence-corrected chi connectivity index (χ2v) is 5.90. The third kappa shape index (κ3) is 7.12. The average Bonchev–Trinajstić information content (AvgIpc) is 2.33. The van der Waals surface area contributed by atoms with E-state index in [0.717, 1.165) is 0 Å². The number of hydrogen-bond acceptors (Lipinski definition) is 1. The molecule has 1 nitrogen and oxygen atoms in total. The van der Waals surface area contributed by atoms with Crippen molar-refractivity contribution < 1.29 is 0 Å². The predicted molar refractivity (Wildman–Crippen MR) is 91.1 cm³/mol. The fourth-order valence-corrected chi connectivity index (χ4v) is 2.46. The predicted octanol–water partition coefficient (Wildman–Crippen LogP) is 5.36. The molecule has 0 atom stereocenters. The van der Waals surface area contributed by atoms with E-state index >= 15 is 0 Å². The molecule has 0 amide bonds. The summed E-state index contributed by atoms with van der Waals surface area (Å²) in [5.74, 6) is 0. The fraction of sp³-hybridized carbons (Fsp3) is 0.647. The van der Waals surface area contributed by atoms with Gasteiger partial charge in [-0.15, -0.1) is 17.0 Å². The standard InChI is InChI=1S/C17H29N.BrH/c1-4-5-6-7-8-9-12-15-13-10-11-14-16(15)17(2,3)18;/h10-11,13-14H,4-9,12,18H2,1-3H3;1H. The second-order valence-electron chi connectivity index (χ2n) is 5.90. The molecule has 2 N–H and O–H groups in total. The number of halogens is 1. The van der Waals surface area contributed by atoms with Gasteiger partial charge >= 0.3 is 0 Å². The zero-order valence-electron chi connectivity index (χ0n) is 12.7. The van der Waals surface area contributed by atoms with E-state index in [1.54, 1.807) is 0 Å². The lowest BCUT2D eigenvalue weighted by Gasteiger charge is -2.22. The van der Waals surface area contributed by atoms with E-state index in [-0.39, 0.29) is 22.5 Å². The Labute approximate surface area is 129 Å². The summed E-state index contributed by atoms with van der Waals surface area (Å²) in [6.07, 6.45) is 9.28. The summed E-state index contributed by atoms with van der Waals surface area (Å²) in [5.41, 5.74) is 8.74. The van der Waals surface area contributed by atoms with E-state index in [1.165, 1.54) is 56.1 Å². The molecule has 0 bridgehead atoms. The first-order valence-corrected chi connectivity index (χ1v) is 7.43. The topological polar surface area (TPSA) is 26.0 Å². The van der Waals surface area contributed by atoms with E-state index < -0.39 is 0 Å². The van der Waals surface area contributed by atoms with E-state index in [9.17, 15) is 0 Å². The first kappa shape index (κ1) is 18.7. The van der Waals surface area contributed by atoms with Gasteiger partial charge in [0.2, 0.25) is 0 Å². The SMILES string of the molecule is Br.CCCCCCCCc1ccccc1C(C)(C)N. The first-order valence-electron chi connectivity index (χ1n) is 7.43. The van der Waals surface area contributed by atoms with Crippen LogP contribution in [-0.2, 0) is 12.0 Å². The summed E-state index contributed by atoms with van der Waals surface area (Å²) < 4.78 is 0. The van der Waals surface area contributed by atoms with Crippen LogP contribution in [0.4, 0.5) is 0 Å². The van der Waals surface area contributed by atoms with Gasteiger partial charge in [0.15, 0.2) is 0 Å². The first-order chi connectivity index (χ1) is 8.55. The van der Waals surface area contributed by atoms with Crippen LogP contribution < -0.4 is 5.73 Å². The van der Waals surface area contributed by atoms with Crippen LogP contribution in [0.5, 0.6) is 0 Å². The number of rotatable bonds is 8. The molecule has 0 unspecified atom stereocenters. The van der Waals surface area contributed by atoms with Gasteiger partial charge in [0, 0.05) is 5.54 Å². The van der Waals surface area contributed by atoms with Crippen molar-refractivity contribution in [3.63, 3.8) is 0 Å². The minimum absolute atomic E-state index is 0. The van der Waals surface area contributed by atoms with Crippen molar-refractivity contribution in [3.8, 4) is 0 Å². The third-order valence-corrected chi connectivity index (χ3v) is 3.51. The second kappa shape index (κ2) is 9.55. The number of benzene rings is 1. The van der Waals surface area contributed by atoms with Gasteiger partial charge in [-0.05, 0) is 37.8 Å². The number of aryl methyl sites for hydroxylation is 1. The minimum Gasteiger partial charge on any atom is -0.322 e. The zero-order chi connectivity index (χ0) is 13.4. The van der Waals surface area contributed by atoms with Crippen molar-refractivity contribution in [1.29, 1.82) is 0 Å². The average molecular weight is 328 g/mol. The molecular weight excluding hydrogens is 298 g/mol. The van der Waals surface area contributed by atoms with Crippen LogP contribution in [0.25, 0.3) is 0 Å². The molecule has 0 aliphatic heterocycles. The van der Waals surface area contributed by atoms with Crippen LogP contribution in [0.2, 0.25) is 0 Å². The highest BCUT2D eigenvalue weighted by molar-refractivity contribution is 8.93. The van der Waals surface area contributed by atoms with Crippen molar-refractivity contribution in [1.82, 2.24) is 0 Å². The molecule has 1 rings (SSSR count).